The van der Waals surface area contributed by atoms with Crippen LogP contribution in [0.15, 0.2) is 18.2 Å². The van der Waals surface area contributed by atoms with E-state index < -0.39 is 0 Å². The summed E-state index contributed by atoms with van der Waals surface area (Å²) in [6, 6.07) is 6.27. The summed E-state index contributed by atoms with van der Waals surface area (Å²) in [7, 11) is 0. The Bertz CT molecular complexity index is 353. The number of benzene rings is 1. The molecule has 1 aliphatic rings. The van der Waals surface area contributed by atoms with Crippen molar-refractivity contribution in [1.29, 1.82) is 0 Å². The van der Waals surface area contributed by atoms with Crippen molar-refractivity contribution in [2.24, 2.45) is 5.73 Å². The Morgan fingerprint density at radius 1 is 1.38 bits per heavy atom. The Kier molecular flexibility index (Phi) is 3.64. The molecule has 3 N–H and O–H groups in total. The molecule has 0 saturated heterocycles. The van der Waals surface area contributed by atoms with E-state index in [1.54, 1.807) is 0 Å². The minimum absolute atomic E-state index is 0.254. The van der Waals surface area contributed by atoms with Crippen molar-refractivity contribution in [2.75, 3.05) is 13.3 Å². The van der Waals surface area contributed by atoms with Crippen molar-refractivity contribution < 1.29 is 9.47 Å². The van der Waals surface area contributed by atoms with Crippen LogP contribution in [0.3, 0.4) is 0 Å². The number of hydrogen-bond acceptors (Lipinski definition) is 4. The molecule has 0 fully saturated rings. The second-order valence-electron chi connectivity index (χ2n) is 4.13. The lowest BCUT2D eigenvalue weighted by molar-refractivity contribution is 0.174. The summed E-state index contributed by atoms with van der Waals surface area (Å²) in [5.41, 5.74) is 6.87. The lowest BCUT2D eigenvalue weighted by Crippen LogP contribution is -2.23. The summed E-state index contributed by atoms with van der Waals surface area (Å²) in [5, 5.41) is 3.35. The predicted octanol–water partition coefficient (Wildman–Crippen LogP) is 1.24. The lowest BCUT2D eigenvalue weighted by atomic mass is 10.2. The SMILES string of the molecule is CC(N)CCNCc1ccc2c(c1)OCO2. The molecule has 0 aromatic heterocycles. The topological polar surface area (TPSA) is 56.5 Å². The van der Waals surface area contributed by atoms with Crippen molar-refractivity contribution in [2.45, 2.75) is 25.9 Å². The van der Waals surface area contributed by atoms with E-state index in [9.17, 15) is 0 Å². The van der Waals surface area contributed by atoms with Crippen LogP contribution < -0.4 is 20.5 Å². The summed E-state index contributed by atoms with van der Waals surface area (Å²) < 4.78 is 10.6. The van der Waals surface area contributed by atoms with Gasteiger partial charge in [0.15, 0.2) is 11.5 Å². The van der Waals surface area contributed by atoms with Crippen LogP contribution >= 0.6 is 0 Å². The second-order valence-corrected chi connectivity index (χ2v) is 4.13. The highest BCUT2D eigenvalue weighted by atomic mass is 16.7. The van der Waals surface area contributed by atoms with Gasteiger partial charge in [-0.1, -0.05) is 6.07 Å². The molecule has 4 nitrogen and oxygen atoms in total. The molecule has 1 aromatic carbocycles. The average molecular weight is 222 g/mol. The smallest absolute Gasteiger partial charge is 0.231 e. The fourth-order valence-electron chi connectivity index (χ4n) is 1.61. The molecule has 0 saturated carbocycles. The number of nitrogens with two attached hydrogens (primary N) is 1. The highest BCUT2D eigenvalue weighted by Crippen LogP contribution is 2.32. The van der Waals surface area contributed by atoms with Gasteiger partial charge in [0, 0.05) is 12.6 Å². The molecule has 0 aliphatic carbocycles. The summed E-state index contributed by atoms with van der Waals surface area (Å²) in [6.07, 6.45) is 0.991. The van der Waals surface area contributed by atoms with E-state index in [2.05, 4.69) is 5.32 Å². The van der Waals surface area contributed by atoms with Crippen LogP contribution in [0.5, 0.6) is 11.5 Å². The van der Waals surface area contributed by atoms with Crippen LogP contribution in [0.2, 0.25) is 0 Å². The summed E-state index contributed by atoms with van der Waals surface area (Å²) in [6.45, 7) is 4.12. The van der Waals surface area contributed by atoms with Crippen LogP contribution in [-0.2, 0) is 6.54 Å². The first-order valence-corrected chi connectivity index (χ1v) is 5.60. The molecular weight excluding hydrogens is 204 g/mol. The number of rotatable bonds is 5. The van der Waals surface area contributed by atoms with Gasteiger partial charge in [-0.3, -0.25) is 0 Å². The Hall–Kier alpha value is -1.26. The third kappa shape index (κ3) is 2.87. The van der Waals surface area contributed by atoms with Crippen molar-refractivity contribution in [1.82, 2.24) is 5.32 Å². The van der Waals surface area contributed by atoms with Gasteiger partial charge < -0.3 is 20.5 Å². The maximum Gasteiger partial charge on any atom is 0.231 e. The zero-order chi connectivity index (χ0) is 11.4. The van der Waals surface area contributed by atoms with E-state index >= 15 is 0 Å². The first kappa shape index (κ1) is 11.2. The molecule has 4 heteroatoms. The molecule has 16 heavy (non-hydrogen) atoms. The van der Waals surface area contributed by atoms with Crippen molar-refractivity contribution in [3.63, 3.8) is 0 Å². The number of nitrogens with one attached hydrogen (secondary N) is 1. The zero-order valence-corrected chi connectivity index (χ0v) is 9.53. The van der Waals surface area contributed by atoms with Gasteiger partial charge in [-0.25, -0.2) is 0 Å². The zero-order valence-electron chi connectivity index (χ0n) is 9.53. The van der Waals surface area contributed by atoms with Crippen LogP contribution in [0.25, 0.3) is 0 Å². The molecule has 1 atom stereocenters. The third-order valence-electron chi connectivity index (χ3n) is 2.54. The normalized spacial score (nSPS) is 15.1. The molecule has 1 aliphatic heterocycles. The van der Waals surface area contributed by atoms with E-state index in [4.69, 9.17) is 15.2 Å². The molecule has 2 rings (SSSR count). The monoisotopic (exact) mass is 222 g/mol. The van der Waals surface area contributed by atoms with E-state index in [0.717, 1.165) is 31.0 Å². The van der Waals surface area contributed by atoms with Crippen LogP contribution in [0.1, 0.15) is 18.9 Å². The predicted molar refractivity (Wildman–Crippen MR) is 62.5 cm³/mol. The average Bonchev–Trinajstić information content (AvgIpc) is 2.71. The molecular formula is C12H18N2O2. The first-order chi connectivity index (χ1) is 7.75. The van der Waals surface area contributed by atoms with E-state index in [-0.39, 0.29) is 6.04 Å². The molecule has 1 heterocycles. The van der Waals surface area contributed by atoms with E-state index in [0.29, 0.717) is 6.79 Å². The van der Waals surface area contributed by atoms with Gasteiger partial charge in [0.05, 0.1) is 0 Å². The maximum absolute atomic E-state index is 5.67. The first-order valence-electron chi connectivity index (χ1n) is 5.60. The van der Waals surface area contributed by atoms with Crippen molar-refractivity contribution >= 4 is 0 Å². The second kappa shape index (κ2) is 5.18. The van der Waals surface area contributed by atoms with E-state index in [1.165, 1.54) is 5.56 Å². The number of fused-ring (bicyclic) bond motifs is 1. The molecule has 0 radical (unpaired) electrons. The molecule has 0 spiro atoms. The minimum atomic E-state index is 0.254. The Labute approximate surface area is 95.7 Å². The Balaban J connectivity index is 1.81. The largest absolute Gasteiger partial charge is 0.454 e. The van der Waals surface area contributed by atoms with Crippen LogP contribution in [0, 0.1) is 0 Å². The fraction of sp³-hybridized carbons (Fsp3) is 0.500. The van der Waals surface area contributed by atoms with Gasteiger partial charge in [0.2, 0.25) is 6.79 Å². The standard InChI is InChI=1S/C12H18N2O2/c1-9(13)4-5-14-7-10-2-3-11-12(6-10)16-8-15-11/h2-3,6,9,14H,4-5,7-8,13H2,1H3. The molecule has 88 valence electrons. The van der Waals surface area contributed by atoms with E-state index in [1.807, 2.05) is 25.1 Å². The van der Waals surface area contributed by atoms with Gasteiger partial charge in [0.25, 0.3) is 0 Å². The minimum Gasteiger partial charge on any atom is -0.454 e. The van der Waals surface area contributed by atoms with Crippen LogP contribution in [0.4, 0.5) is 0 Å². The van der Waals surface area contributed by atoms with Crippen LogP contribution in [-0.4, -0.2) is 19.4 Å². The molecule has 0 bridgehead atoms. The van der Waals surface area contributed by atoms with Gasteiger partial charge in [-0.05, 0) is 37.6 Å². The van der Waals surface area contributed by atoms with Gasteiger partial charge in [-0.15, -0.1) is 0 Å². The van der Waals surface area contributed by atoms with Gasteiger partial charge in [0.1, 0.15) is 0 Å². The highest BCUT2D eigenvalue weighted by molar-refractivity contribution is 5.44. The summed E-state index contributed by atoms with van der Waals surface area (Å²) in [5.74, 6) is 1.67. The van der Waals surface area contributed by atoms with Crippen molar-refractivity contribution in [3.05, 3.63) is 23.8 Å². The third-order valence-corrected chi connectivity index (χ3v) is 2.54. The van der Waals surface area contributed by atoms with Gasteiger partial charge >= 0.3 is 0 Å². The van der Waals surface area contributed by atoms with Gasteiger partial charge in [-0.2, -0.15) is 0 Å². The lowest BCUT2D eigenvalue weighted by Gasteiger charge is -2.07. The fourth-order valence-corrected chi connectivity index (χ4v) is 1.61. The van der Waals surface area contributed by atoms with Crippen molar-refractivity contribution in [3.8, 4) is 11.5 Å². The summed E-state index contributed by atoms with van der Waals surface area (Å²) >= 11 is 0. The number of hydrogen-bond donors (Lipinski definition) is 2. The highest BCUT2D eigenvalue weighted by Gasteiger charge is 2.12. The molecule has 1 aromatic rings. The quantitative estimate of drug-likeness (QED) is 0.736. The molecule has 0 amide bonds. The summed E-state index contributed by atoms with van der Waals surface area (Å²) in [4.78, 5) is 0. The Morgan fingerprint density at radius 2 is 2.19 bits per heavy atom. The molecule has 1 unspecified atom stereocenters. The Morgan fingerprint density at radius 3 is 3.00 bits per heavy atom. The number of ether oxygens (including phenoxy) is 2. The maximum atomic E-state index is 5.67.